The number of aromatic nitrogens is 1. The average molecular weight is 537 g/mol. The smallest absolute Gasteiger partial charge is 0.338 e. The number of aliphatic hydroxyl groups excluding tert-OH is 1. The number of ketones is 1. The van der Waals surface area contributed by atoms with Gasteiger partial charge >= 0.3 is 5.97 Å². The van der Waals surface area contributed by atoms with Gasteiger partial charge in [-0.25, -0.2) is 4.79 Å². The molecule has 0 spiro atoms. The van der Waals surface area contributed by atoms with Gasteiger partial charge in [0.2, 0.25) is 0 Å². The fourth-order valence-electron chi connectivity index (χ4n) is 4.28. The van der Waals surface area contributed by atoms with E-state index in [1.54, 1.807) is 43.3 Å². The maximum Gasteiger partial charge on any atom is 0.338 e. The molecule has 0 saturated carbocycles. The van der Waals surface area contributed by atoms with Gasteiger partial charge in [-0.15, -0.1) is 0 Å². The zero-order valence-electron chi connectivity index (χ0n) is 20.9. The molecule has 0 aliphatic carbocycles. The average Bonchev–Trinajstić information content (AvgIpc) is 3.18. The molecule has 196 valence electrons. The van der Waals surface area contributed by atoms with Gasteiger partial charge in [-0.2, -0.15) is 0 Å². The minimum Gasteiger partial charge on any atom is -0.507 e. The number of methoxy groups -OCH3 is 2. The molecule has 1 fully saturated rings. The summed E-state index contributed by atoms with van der Waals surface area (Å²) in [5, 5.41) is 11.7. The number of carbonyl (C=O) groups is 3. The number of likely N-dealkylation sites (tertiary alicyclic amines) is 1. The van der Waals surface area contributed by atoms with E-state index in [2.05, 4.69) is 4.98 Å². The summed E-state index contributed by atoms with van der Waals surface area (Å²) in [5.74, 6) is -2.08. The molecule has 0 bridgehead atoms. The second kappa shape index (κ2) is 11.4. The fourth-order valence-corrected chi connectivity index (χ4v) is 4.51. The first-order chi connectivity index (χ1) is 18.3. The van der Waals surface area contributed by atoms with Crippen molar-refractivity contribution >= 4 is 35.0 Å². The van der Waals surface area contributed by atoms with E-state index in [0.717, 1.165) is 0 Å². The van der Waals surface area contributed by atoms with Crippen molar-refractivity contribution in [2.45, 2.75) is 19.5 Å². The van der Waals surface area contributed by atoms with Crippen molar-refractivity contribution in [2.24, 2.45) is 0 Å². The van der Waals surface area contributed by atoms with Crippen LogP contribution in [0.1, 0.15) is 40.0 Å². The van der Waals surface area contributed by atoms with Crippen LogP contribution >= 0.6 is 11.6 Å². The Kier molecular flexibility index (Phi) is 7.97. The molecule has 38 heavy (non-hydrogen) atoms. The van der Waals surface area contributed by atoms with Crippen molar-refractivity contribution in [3.05, 3.63) is 93.8 Å². The Labute approximate surface area is 224 Å². The van der Waals surface area contributed by atoms with E-state index in [0.29, 0.717) is 16.7 Å². The number of aliphatic hydroxyl groups is 1. The maximum atomic E-state index is 13.4. The largest absolute Gasteiger partial charge is 0.507 e. The highest BCUT2D eigenvalue weighted by Gasteiger charge is 2.46. The molecule has 9 nitrogen and oxygen atoms in total. The predicted octanol–water partition coefficient (Wildman–Crippen LogP) is 4.55. The van der Waals surface area contributed by atoms with Crippen molar-refractivity contribution in [3.8, 4) is 11.5 Å². The first-order valence-electron chi connectivity index (χ1n) is 11.7. The fraction of sp³-hybridized carbons (Fsp3) is 0.214. The van der Waals surface area contributed by atoms with Gasteiger partial charge in [0.15, 0.2) is 0 Å². The van der Waals surface area contributed by atoms with Crippen LogP contribution in [0.2, 0.25) is 5.02 Å². The van der Waals surface area contributed by atoms with Gasteiger partial charge in [0.25, 0.3) is 11.7 Å². The molecule has 1 aliphatic rings. The van der Waals surface area contributed by atoms with E-state index in [-0.39, 0.29) is 40.8 Å². The molecule has 2 heterocycles. The summed E-state index contributed by atoms with van der Waals surface area (Å²) < 4.78 is 15.7. The first-order valence-corrected chi connectivity index (χ1v) is 12.0. The molecule has 4 rings (SSSR count). The van der Waals surface area contributed by atoms with E-state index in [1.165, 1.54) is 43.6 Å². The molecule has 0 radical (unpaired) electrons. The van der Waals surface area contributed by atoms with Gasteiger partial charge in [0.05, 0.1) is 48.6 Å². The number of pyridine rings is 1. The summed E-state index contributed by atoms with van der Waals surface area (Å²) in [6, 6.07) is 11.9. The third-order valence-corrected chi connectivity index (χ3v) is 6.40. The minimum absolute atomic E-state index is 0.0402. The summed E-state index contributed by atoms with van der Waals surface area (Å²) in [4.78, 5) is 44.1. The lowest BCUT2D eigenvalue weighted by atomic mass is 9.95. The third-order valence-electron chi connectivity index (χ3n) is 6.11. The third kappa shape index (κ3) is 5.05. The molecule has 1 atom stereocenters. The van der Waals surface area contributed by atoms with Crippen LogP contribution < -0.4 is 9.47 Å². The molecule has 1 amide bonds. The molecule has 3 aromatic rings. The first kappa shape index (κ1) is 26.7. The van der Waals surface area contributed by atoms with E-state index >= 15 is 0 Å². The van der Waals surface area contributed by atoms with E-state index < -0.39 is 29.5 Å². The van der Waals surface area contributed by atoms with Crippen LogP contribution in [0.25, 0.3) is 5.76 Å². The molecule has 1 aliphatic heterocycles. The Bertz CT molecular complexity index is 1400. The Morgan fingerprint density at radius 2 is 1.68 bits per heavy atom. The van der Waals surface area contributed by atoms with Gasteiger partial charge in [-0.05, 0) is 48.4 Å². The summed E-state index contributed by atoms with van der Waals surface area (Å²) in [6.07, 6.45) is 3.07. The highest BCUT2D eigenvalue weighted by Crippen LogP contribution is 2.43. The Hall–Kier alpha value is -4.37. The number of halogens is 1. The van der Waals surface area contributed by atoms with Gasteiger partial charge < -0.3 is 24.2 Å². The maximum absolute atomic E-state index is 13.4. The predicted molar refractivity (Wildman–Crippen MR) is 139 cm³/mol. The lowest BCUT2D eigenvalue weighted by Crippen LogP contribution is -2.29. The lowest BCUT2D eigenvalue weighted by Gasteiger charge is -2.25. The number of amides is 1. The van der Waals surface area contributed by atoms with Crippen LogP contribution in [0.15, 0.2) is 66.5 Å². The number of rotatable bonds is 8. The summed E-state index contributed by atoms with van der Waals surface area (Å²) in [5.41, 5.74) is 1.64. The van der Waals surface area contributed by atoms with Crippen LogP contribution in [0.3, 0.4) is 0 Å². The van der Waals surface area contributed by atoms with Crippen LogP contribution in [0, 0.1) is 0 Å². The summed E-state index contributed by atoms with van der Waals surface area (Å²) >= 11 is 6.21. The van der Waals surface area contributed by atoms with Crippen molar-refractivity contribution in [3.63, 3.8) is 0 Å². The quantitative estimate of drug-likeness (QED) is 0.193. The topological polar surface area (TPSA) is 115 Å². The van der Waals surface area contributed by atoms with Gasteiger partial charge in [-0.3, -0.25) is 14.6 Å². The monoisotopic (exact) mass is 536 g/mol. The molecule has 1 aromatic heterocycles. The van der Waals surface area contributed by atoms with Crippen molar-refractivity contribution < 1.29 is 33.7 Å². The number of carbonyl (C=O) groups excluding carboxylic acids is 3. The Balaban J connectivity index is 1.81. The van der Waals surface area contributed by atoms with Gasteiger partial charge in [-0.1, -0.05) is 23.7 Å². The van der Waals surface area contributed by atoms with Crippen LogP contribution in [-0.4, -0.2) is 53.5 Å². The lowest BCUT2D eigenvalue weighted by molar-refractivity contribution is -0.140. The standard InChI is InChI=1S/C28H25ClN2O7/c1-4-38-28(35)18-7-5-16(6-8-18)15-31-24(17-9-11-30-12-10-17)23(26(33)27(31)34)25(32)19-13-22(37-3)20(29)14-21(19)36-2/h5-14,24,32H,4,15H2,1-3H3/b25-23+. The number of Topliss-reactive ketones (excluding diaryl/α,β-unsaturated/α-hetero) is 1. The zero-order chi connectivity index (χ0) is 27.4. The van der Waals surface area contributed by atoms with Crippen molar-refractivity contribution in [1.29, 1.82) is 0 Å². The number of esters is 1. The normalized spacial score (nSPS) is 16.4. The Morgan fingerprint density at radius 1 is 1.03 bits per heavy atom. The Morgan fingerprint density at radius 3 is 2.29 bits per heavy atom. The van der Waals surface area contributed by atoms with E-state index in [4.69, 9.17) is 25.8 Å². The van der Waals surface area contributed by atoms with E-state index in [1.807, 2.05) is 0 Å². The number of nitrogens with zero attached hydrogens (tertiary/aromatic N) is 2. The number of hydrogen-bond donors (Lipinski definition) is 1. The van der Waals surface area contributed by atoms with Crippen molar-refractivity contribution in [2.75, 3.05) is 20.8 Å². The molecule has 1 unspecified atom stereocenters. The molecular weight excluding hydrogens is 512 g/mol. The summed E-state index contributed by atoms with van der Waals surface area (Å²) in [7, 11) is 2.81. The van der Waals surface area contributed by atoms with Gasteiger partial charge in [0.1, 0.15) is 17.3 Å². The molecule has 2 aromatic carbocycles. The SMILES string of the molecule is CCOC(=O)c1ccc(CN2C(=O)C(=O)/C(=C(/O)c3cc(OC)c(Cl)cc3OC)C2c2ccncc2)cc1. The van der Waals surface area contributed by atoms with Gasteiger partial charge in [0, 0.05) is 25.0 Å². The number of benzene rings is 2. The van der Waals surface area contributed by atoms with Crippen LogP contribution in [0.5, 0.6) is 11.5 Å². The molecular formula is C28H25ClN2O7. The van der Waals surface area contributed by atoms with Crippen molar-refractivity contribution in [1.82, 2.24) is 9.88 Å². The molecule has 10 heteroatoms. The zero-order valence-corrected chi connectivity index (χ0v) is 21.7. The molecule has 1 N–H and O–H groups in total. The van der Waals surface area contributed by atoms with E-state index in [9.17, 15) is 19.5 Å². The second-order valence-corrected chi connectivity index (χ2v) is 8.72. The minimum atomic E-state index is -0.922. The highest BCUT2D eigenvalue weighted by atomic mass is 35.5. The second-order valence-electron chi connectivity index (χ2n) is 8.31. The van der Waals surface area contributed by atoms with Crippen LogP contribution in [-0.2, 0) is 20.9 Å². The molecule has 1 saturated heterocycles. The number of hydrogen-bond acceptors (Lipinski definition) is 8. The summed E-state index contributed by atoms with van der Waals surface area (Å²) in [6.45, 7) is 2.01. The highest BCUT2D eigenvalue weighted by molar-refractivity contribution is 6.46. The number of ether oxygens (including phenoxy) is 3. The van der Waals surface area contributed by atoms with Crippen LogP contribution in [0.4, 0.5) is 0 Å².